The molecule has 0 N–H and O–H groups in total. The minimum absolute atomic E-state index is 0.0585. The highest BCUT2D eigenvalue weighted by atomic mass is 16.1. The van der Waals surface area contributed by atoms with Gasteiger partial charge in [-0.15, -0.1) is 0 Å². The largest absolute Gasteiger partial charge is 0.299 e. The number of allylic oxidation sites excluding steroid dienone is 4. The number of hydrogen-bond acceptors (Lipinski definition) is 2. The predicted molar refractivity (Wildman–Crippen MR) is 88.4 cm³/mol. The maximum atomic E-state index is 13.0. The van der Waals surface area contributed by atoms with Crippen LogP contribution >= 0.6 is 0 Å². The summed E-state index contributed by atoms with van der Waals surface area (Å²) in [5, 5.41) is 0. The van der Waals surface area contributed by atoms with E-state index in [1.807, 2.05) is 13.0 Å². The third-order valence-corrected chi connectivity index (χ3v) is 6.80. The molecule has 0 unspecified atom stereocenters. The Morgan fingerprint density at radius 1 is 1.09 bits per heavy atom. The lowest BCUT2D eigenvalue weighted by Gasteiger charge is -2.59. The SMILES string of the molecule is C/C=C/[C@]12CCC(=O)C=C1[C@]1(C)C(=O)CCC(C)(C)[C@H]1CC2. The Hall–Kier alpha value is -1.18. The van der Waals surface area contributed by atoms with Crippen molar-refractivity contribution in [1.29, 1.82) is 0 Å². The van der Waals surface area contributed by atoms with Crippen LogP contribution in [0.15, 0.2) is 23.8 Å². The number of carbonyl (C=O) groups excluding carboxylic acids is 2. The zero-order valence-electron chi connectivity index (χ0n) is 14.4. The average molecular weight is 300 g/mol. The maximum Gasteiger partial charge on any atom is 0.155 e. The summed E-state index contributed by atoms with van der Waals surface area (Å²) >= 11 is 0. The zero-order chi connectivity index (χ0) is 16.2. The summed E-state index contributed by atoms with van der Waals surface area (Å²) in [7, 11) is 0. The van der Waals surface area contributed by atoms with Gasteiger partial charge in [-0.05, 0) is 62.5 Å². The Bertz CT molecular complexity index is 581. The molecule has 0 aromatic carbocycles. The van der Waals surface area contributed by atoms with Crippen molar-refractivity contribution in [2.45, 2.75) is 66.2 Å². The summed E-state index contributed by atoms with van der Waals surface area (Å²) in [5.74, 6) is 0.913. The Morgan fingerprint density at radius 2 is 1.82 bits per heavy atom. The normalized spacial score (nSPS) is 41.1. The third kappa shape index (κ3) is 1.99. The Labute approximate surface area is 134 Å². The van der Waals surface area contributed by atoms with Crippen molar-refractivity contribution in [1.82, 2.24) is 0 Å². The first-order valence-electron chi connectivity index (χ1n) is 8.69. The average Bonchev–Trinajstić information content (AvgIpc) is 2.45. The number of Topliss-reactive ketones (excluding diaryl/α,β-unsaturated/α-hetero) is 1. The molecule has 0 heterocycles. The standard InChI is InChI=1S/C20H28O2/c1-5-9-20-11-6-14(21)13-16(20)19(4)15(7-12-20)18(2,3)10-8-17(19)22/h5,9,13,15H,6-8,10-12H2,1-4H3/b9-5+/t15-,19-,20-/m1/s1. The third-order valence-electron chi connectivity index (χ3n) is 6.80. The fourth-order valence-corrected chi connectivity index (χ4v) is 5.62. The first-order chi connectivity index (χ1) is 10.3. The summed E-state index contributed by atoms with van der Waals surface area (Å²) in [6, 6.07) is 0. The summed E-state index contributed by atoms with van der Waals surface area (Å²) < 4.78 is 0. The predicted octanol–water partition coefficient (Wildman–Crippen LogP) is 4.64. The van der Waals surface area contributed by atoms with Crippen LogP contribution in [-0.4, -0.2) is 11.6 Å². The molecule has 22 heavy (non-hydrogen) atoms. The second-order valence-electron chi connectivity index (χ2n) is 8.39. The highest BCUT2D eigenvalue weighted by molar-refractivity contribution is 5.96. The van der Waals surface area contributed by atoms with Gasteiger partial charge in [-0.1, -0.05) is 26.0 Å². The summed E-state index contributed by atoms with van der Waals surface area (Å²) in [6.45, 7) is 8.78. The van der Waals surface area contributed by atoms with Gasteiger partial charge in [0.2, 0.25) is 0 Å². The van der Waals surface area contributed by atoms with Crippen LogP contribution in [0.5, 0.6) is 0 Å². The van der Waals surface area contributed by atoms with E-state index in [9.17, 15) is 9.59 Å². The minimum Gasteiger partial charge on any atom is -0.299 e. The molecule has 0 saturated heterocycles. The van der Waals surface area contributed by atoms with E-state index in [2.05, 4.69) is 32.9 Å². The van der Waals surface area contributed by atoms with Gasteiger partial charge in [-0.2, -0.15) is 0 Å². The van der Waals surface area contributed by atoms with Crippen LogP contribution in [-0.2, 0) is 9.59 Å². The number of hydrogen-bond donors (Lipinski definition) is 0. The van der Waals surface area contributed by atoms with E-state index in [1.54, 1.807) is 0 Å². The quantitative estimate of drug-likeness (QED) is 0.661. The molecule has 0 aromatic heterocycles. The van der Waals surface area contributed by atoms with Crippen molar-refractivity contribution in [3.8, 4) is 0 Å². The maximum absolute atomic E-state index is 13.0. The van der Waals surface area contributed by atoms with Gasteiger partial charge in [0.25, 0.3) is 0 Å². The molecule has 0 aliphatic heterocycles. The molecule has 3 aliphatic carbocycles. The van der Waals surface area contributed by atoms with Crippen LogP contribution in [0.4, 0.5) is 0 Å². The van der Waals surface area contributed by atoms with Gasteiger partial charge in [-0.25, -0.2) is 0 Å². The molecule has 120 valence electrons. The molecule has 2 heteroatoms. The second-order valence-corrected chi connectivity index (χ2v) is 8.39. The van der Waals surface area contributed by atoms with Crippen LogP contribution in [0.2, 0.25) is 0 Å². The van der Waals surface area contributed by atoms with Gasteiger partial charge in [0.15, 0.2) is 5.78 Å². The monoisotopic (exact) mass is 300 g/mol. The van der Waals surface area contributed by atoms with E-state index in [1.165, 1.54) is 0 Å². The smallest absolute Gasteiger partial charge is 0.155 e. The molecule has 0 aromatic rings. The molecule has 2 nitrogen and oxygen atoms in total. The van der Waals surface area contributed by atoms with Crippen LogP contribution in [0.25, 0.3) is 0 Å². The first-order valence-corrected chi connectivity index (χ1v) is 8.69. The second kappa shape index (κ2) is 4.91. The molecule has 2 saturated carbocycles. The fourth-order valence-electron chi connectivity index (χ4n) is 5.62. The van der Waals surface area contributed by atoms with Gasteiger partial charge in [-0.3, -0.25) is 9.59 Å². The van der Waals surface area contributed by atoms with Crippen molar-refractivity contribution in [3.05, 3.63) is 23.8 Å². The Kier molecular flexibility index (Phi) is 3.50. The van der Waals surface area contributed by atoms with Crippen LogP contribution < -0.4 is 0 Å². The fraction of sp³-hybridized carbons (Fsp3) is 0.700. The van der Waals surface area contributed by atoms with Gasteiger partial charge < -0.3 is 0 Å². The Morgan fingerprint density at radius 3 is 2.50 bits per heavy atom. The van der Waals surface area contributed by atoms with E-state index >= 15 is 0 Å². The highest BCUT2D eigenvalue weighted by Crippen LogP contribution is 2.64. The number of ketones is 2. The molecule has 3 aliphatic rings. The van der Waals surface area contributed by atoms with Crippen molar-refractivity contribution in [2.75, 3.05) is 0 Å². The van der Waals surface area contributed by atoms with Crippen molar-refractivity contribution in [2.24, 2.45) is 22.2 Å². The molecule has 3 atom stereocenters. The lowest BCUT2D eigenvalue weighted by Crippen LogP contribution is -2.56. The molecule has 0 radical (unpaired) electrons. The molecule has 0 spiro atoms. The van der Waals surface area contributed by atoms with E-state index in [0.717, 1.165) is 31.3 Å². The molecule has 0 bridgehead atoms. The zero-order valence-corrected chi connectivity index (χ0v) is 14.4. The van der Waals surface area contributed by atoms with Crippen molar-refractivity contribution < 1.29 is 9.59 Å². The molecule has 2 fully saturated rings. The van der Waals surface area contributed by atoms with Gasteiger partial charge in [0.1, 0.15) is 5.78 Å². The minimum atomic E-state index is -0.449. The van der Waals surface area contributed by atoms with Crippen molar-refractivity contribution in [3.63, 3.8) is 0 Å². The number of fused-ring (bicyclic) bond motifs is 3. The van der Waals surface area contributed by atoms with E-state index in [0.29, 0.717) is 24.5 Å². The molecule has 3 rings (SSSR count). The lowest BCUT2D eigenvalue weighted by atomic mass is 9.43. The van der Waals surface area contributed by atoms with Crippen LogP contribution in [0.3, 0.4) is 0 Å². The van der Waals surface area contributed by atoms with E-state index < -0.39 is 5.41 Å². The summed E-state index contributed by atoms with van der Waals surface area (Å²) in [6.07, 6.45) is 11.5. The summed E-state index contributed by atoms with van der Waals surface area (Å²) in [5.41, 5.74) is 0.793. The summed E-state index contributed by atoms with van der Waals surface area (Å²) in [4.78, 5) is 25.1. The first kappa shape index (κ1) is 15.7. The van der Waals surface area contributed by atoms with Gasteiger partial charge >= 0.3 is 0 Å². The van der Waals surface area contributed by atoms with Gasteiger partial charge in [0, 0.05) is 18.3 Å². The molecular formula is C20H28O2. The number of carbonyl (C=O) groups is 2. The Balaban J connectivity index is 2.19. The van der Waals surface area contributed by atoms with Crippen LogP contribution in [0.1, 0.15) is 66.2 Å². The van der Waals surface area contributed by atoms with E-state index in [-0.39, 0.29) is 16.6 Å². The topological polar surface area (TPSA) is 34.1 Å². The number of rotatable bonds is 1. The van der Waals surface area contributed by atoms with E-state index in [4.69, 9.17) is 0 Å². The highest BCUT2D eigenvalue weighted by Gasteiger charge is 2.60. The van der Waals surface area contributed by atoms with Crippen LogP contribution in [0, 0.1) is 22.2 Å². The van der Waals surface area contributed by atoms with Gasteiger partial charge in [0.05, 0.1) is 5.41 Å². The lowest BCUT2D eigenvalue weighted by molar-refractivity contribution is -0.141. The van der Waals surface area contributed by atoms with Crippen molar-refractivity contribution >= 4 is 11.6 Å². The molecular weight excluding hydrogens is 272 g/mol. The molecule has 0 amide bonds.